The highest BCUT2D eigenvalue weighted by molar-refractivity contribution is 7.88. The summed E-state index contributed by atoms with van der Waals surface area (Å²) in [5.74, 6) is -0.242. The van der Waals surface area contributed by atoms with Gasteiger partial charge in [-0.15, -0.1) is 0 Å². The van der Waals surface area contributed by atoms with Crippen LogP contribution in [-0.2, 0) is 19.6 Å². The number of benzene rings is 1. The number of thiazole rings is 1. The number of hydrogen-bond acceptors (Lipinski definition) is 6. The molecule has 2 fully saturated rings. The number of amides is 1. The molecule has 1 amide bonds. The Bertz CT molecular complexity index is 988. The highest BCUT2D eigenvalue weighted by Gasteiger charge is 2.40. The lowest BCUT2D eigenvalue weighted by molar-refractivity contribution is -0.122. The SMILES string of the molecule is CS(=O)(=O)N1CCC[C@@H]1C(=O)N(C[C@@H]1CCCO1)c1nc2c(Cl)cccc2s1. The third-order valence-corrected chi connectivity index (χ3v) is 7.82. The van der Waals surface area contributed by atoms with Crippen LogP contribution >= 0.6 is 22.9 Å². The van der Waals surface area contributed by atoms with Crippen LogP contribution in [-0.4, -0.2) is 61.7 Å². The van der Waals surface area contributed by atoms with Gasteiger partial charge >= 0.3 is 0 Å². The number of hydrogen-bond donors (Lipinski definition) is 0. The lowest BCUT2D eigenvalue weighted by atomic mass is 10.2. The average Bonchev–Trinajstić information content (AvgIpc) is 3.37. The second-order valence-electron chi connectivity index (χ2n) is 7.20. The minimum absolute atomic E-state index is 0.0699. The number of anilines is 1. The summed E-state index contributed by atoms with van der Waals surface area (Å²) in [6.45, 7) is 1.41. The number of fused-ring (bicyclic) bond motifs is 1. The van der Waals surface area contributed by atoms with Crippen LogP contribution in [0.3, 0.4) is 0 Å². The van der Waals surface area contributed by atoms with Gasteiger partial charge in [-0.25, -0.2) is 13.4 Å². The molecule has 2 atom stereocenters. The van der Waals surface area contributed by atoms with E-state index in [1.165, 1.54) is 15.6 Å². The van der Waals surface area contributed by atoms with Crippen LogP contribution in [0.25, 0.3) is 10.2 Å². The van der Waals surface area contributed by atoms with Crippen LogP contribution in [0.5, 0.6) is 0 Å². The fourth-order valence-electron chi connectivity index (χ4n) is 3.84. The van der Waals surface area contributed by atoms with Crippen molar-refractivity contribution >= 4 is 54.2 Å². The molecule has 28 heavy (non-hydrogen) atoms. The van der Waals surface area contributed by atoms with E-state index in [1.54, 1.807) is 11.0 Å². The van der Waals surface area contributed by atoms with Crippen LogP contribution in [0.2, 0.25) is 5.02 Å². The van der Waals surface area contributed by atoms with Crippen LogP contribution in [0, 0.1) is 0 Å². The third kappa shape index (κ3) is 3.91. The molecule has 2 aliphatic rings. The van der Waals surface area contributed by atoms with Gasteiger partial charge in [0.1, 0.15) is 11.6 Å². The summed E-state index contributed by atoms with van der Waals surface area (Å²) >= 11 is 7.65. The number of rotatable bonds is 5. The molecule has 0 radical (unpaired) electrons. The standard InChI is InChI=1S/C18H22ClN3O4S2/c1-28(24,25)22-9-3-7-14(22)17(23)21(11-12-5-4-10-26-12)18-20-16-13(19)6-2-8-15(16)27-18/h2,6,8,12,14H,3-5,7,9-11H2,1H3/t12-,14+/m0/s1. The van der Waals surface area contributed by atoms with E-state index in [4.69, 9.17) is 16.3 Å². The number of carbonyl (C=O) groups is 1. The number of para-hydroxylation sites is 1. The Morgan fingerprint density at radius 2 is 2.21 bits per heavy atom. The normalized spacial score (nSPS) is 23.5. The zero-order valence-electron chi connectivity index (χ0n) is 15.5. The summed E-state index contributed by atoms with van der Waals surface area (Å²) in [5.41, 5.74) is 0.653. The minimum atomic E-state index is -3.45. The fraction of sp³-hybridized carbons (Fsp3) is 0.556. The molecule has 0 bridgehead atoms. The van der Waals surface area contributed by atoms with Gasteiger partial charge in [0.2, 0.25) is 15.9 Å². The van der Waals surface area contributed by atoms with E-state index >= 15 is 0 Å². The molecular weight excluding hydrogens is 422 g/mol. The summed E-state index contributed by atoms with van der Waals surface area (Å²) < 4.78 is 32.2. The number of aromatic nitrogens is 1. The molecule has 1 aromatic carbocycles. The zero-order chi connectivity index (χ0) is 19.9. The second-order valence-corrected chi connectivity index (χ2v) is 10.5. The van der Waals surface area contributed by atoms with E-state index in [2.05, 4.69) is 4.98 Å². The molecule has 4 rings (SSSR count). The predicted octanol–water partition coefficient (Wildman–Crippen LogP) is 2.89. The number of nitrogens with zero attached hydrogens (tertiary/aromatic N) is 3. The Kier molecular flexibility index (Phi) is 5.63. The fourth-order valence-corrected chi connectivity index (χ4v) is 6.24. The number of halogens is 1. The second kappa shape index (κ2) is 7.87. The van der Waals surface area contributed by atoms with Gasteiger partial charge in [0, 0.05) is 13.2 Å². The molecule has 2 saturated heterocycles. The molecule has 3 heterocycles. The van der Waals surface area contributed by atoms with Crippen molar-refractivity contribution in [3.05, 3.63) is 23.2 Å². The third-order valence-electron chi connectivity index (χ3n) is 5.18. The molecule has 7 nitrogen and oxygen atoms in total. The average molecular weight is 444 g/mol. The Labute approximate surface area is 173 Å². The molecule has 2 aromatic rings. The maximum Gasteiger partial charge on any atom is 0.247 e. The van der Waals surface area contributed by atoms with Crippen molar-refractivity contribution in [2.24, 2.45) is 0 Å². The van der Waals surface area contributed by atoms with Crippen molar-refractivity contribution < 1.29 is 17.9 Å². The Morgan fingerprint density at radius 1 is 1.39 bits per heavy atom. The van der Waals surface area contributed by atoms with E-state index in [9.17, 15) is 13.2 Å². The first-order valence-electron chi connectivity index (χ1n) is 9.29. The van der Waals surface area contributed by atoms with Crippen molar-refractivity contribution in [1.29, 1.82) is 0 Å². The van der Waals surface area contributed by atoms with Crippen LogP contribution in [0.4, 0.5) is 5.13 Å². The lowest BCUT2D eigenvalue weighted by Crippen LogP contribution is -2.49. The van der Waals surface area contributed by atoms with Crippen molar-refractivity contribution in [3.63, 3.8) is 0 Å². The quantitative estimate of drug-likeness (QED) is 0.709. The lowest BCUT2D eigenvalue weighted by Gasteiger charge is -2.29. The molecule has 0 aliphatic carbocycles. The van der Waals surface area contributed by atoms with Gasteiger partial charge in [0.25, 0.3) is 0 Å². The topological polar surface area (TPSA) is 79.8 Å². The van der Waals surface area contributed by atoms with Gasteiger partial charge in [-0.3, -0.25) is 9.69 Å². The molecule has 0 spiro atoms. The van der Waals surface area contributed by atoms with Gasteiger partial charge in [-0.2, -0.15) is 4.31 Å². The number of carbonyl (C=O) groups excluding carboxylic acids is 1. The maximum atomic E-state index is 13.5. The van der Waals surface area contributed by atoms with Gasteiger partial charge in [0.05, 0.1) is 28.6 Å². The highest BCUT2D eigenvalue weighted by atomic mass is 35.5. The number of sulfonamides is 1. The summed E-state index contributed by atoms with van der Waals surface area (Å²) in [6.07, 6.45) is 4.09. The molecule has 0 N–H and O–H groups in total. The van der Waals surface area contributed by atoms with E-state index in [1.807, 2.05) is 12.1 Å². The van der Waals surface area contributed by atoms with Crippen LogP contribution in [0.15, 0.2) is 18.2 Å². The molecule has 2 aliphatic heterocycles. The first-order valence-corrected chi connectivity index (χ1v) is 12.3. The minimum Gasteiger partial charge on any atom is -0.376 e. The van der Waals surface area contributed by atoms with Gasteiger partial charge < -0.3 is 4.74 Å². The maximum absolute atomic E-state index is 13.5. The van der Waals surface area contributed by atoms with Crippen LogP contribution < -0.4 is 4.90 Å². The smallest absolute Gasteiger partial charge is 0.247 e. The molecule has 1 aromatic heterocycles. The molecule has 152 valence electrons. The molecule has 0 saturated carbocycles. The predicted molar refractivity (Wildman–Crippen MR) is 111 cm³/mol. The first-order chi connectivity index (χ1) is 13.3. The molecular formula is C18H22ClN3O4S2. The van der Waals surface area contributed by atoms with Crippen molar-refractivity contribution in [3.8, 4) is 0 Å². The van der Waals surface area contributed by atoms with Gasteiger partial charge in [0.15, 0.2) is 5.13 Å². The van der Waals surface area contributed by atoms with Gasteiger partial charge in [-0.1, -0.05) is 29.0 Å². The Balaban J connectivity index is 1.70. The highest BCUT2D eigenvalue weighted by Crippen LogP contribution is 2.35. The molecule has 10 heteroatoms. The van der Waals surface area contributed by atoms with E-state index in [0.717, 1.165) is 23.8 Å². The molecule has 0 unspecified atom stereocenters. The van der Waals surface area contributed by atoms with Crippen molar-refractivity contribution in [2.45, 2.75) is 37.8 Å². The first kappa shape index (κ1) is 20.0. The largest absolute Gasteiger partial charge is 0.376 e. The summed E-state index contributed by atoms with van der Waals surface area (Å²) in [5, 5.41) is 1.06. The van der Waals surface area contributed by atoms with E-state index in [-0.39, 0.29) is 12.0 Å². The summed E-state index contributed by atoms with van der Waals surface area (Å²) in [7, 11) is -3.45. The van der Waals surface area contributed by atoms with Crippen molar-refractivity contribution in [2.75, 3.05) is 30.9 Å². The van der Waals surface area contributed by atoms with Gasteiger partial charge in [-0.05, 0) is 37.8 Å². The summed E-state index contributed by atoms with van der Waals surface area (Å²) in [4.78, 5) is 19.7. The zero-order valence-corrected chi connectivity index (χ0v) is 17.9. The Hall–Kier alpha value is -1.26. The van der Waals surface area contributed by atoms with Crippen molar-refractivity contribution in [1.82, 2.24) is 9.29 Å². The summed E-state index contributed by atoms with van der Waals surface area (Å²) in [6, 6.07) is 4.83. The van der Waals surface area contributed by atoms with E-state index in [0.29, 0.717) is 48.2 Å². The van der Waals surface area contributed by atoms with Crippen LogP contribution in [0.1, 0.15) is 25.7 Å². The monoisotopic (exact) mass is 443 g/mol. The number of ether oxygens (including phenoxy) is 1. The Morgan fingerprint density at radius 3 is 2.89 bits per heavy atom. The van der Waals surface area contributed by atoms with E-state index < -0.39 is 16.1 Å².